The highest BCUT2D eigenvalue weighted by Gasteiger charge is 2.39. The van der Waals surface area contributed by atoms with Gasteiger partial charge in [-0.15, -0.1) is 0 Å². The zero-order valence-corrected chi connectivity index (χ0v) is 23.4. The molecule has 11 nitrogen and oxygen atoms in total. The van der Waals surface area contributed by atoms with E-state index in [-0.39, 0.29) is 18.1 Å². The van der Waals surface area contributed by atoms with Crippen molar-refractivity contribution in [1.82, 2.24) is 20.3 Å². The van der Waals surface area contributed by atoms with E-state index in [4.69, 9.17) is 26.0 Å². The van der Waals surface area contributed by atoms with Crippen LogP contribution in [0.5, 0.6) is 0 Å². The highest BCUT2D eigenvalue weighted by Crippen LogP contribution is 2.35. The van der Waals surface area contributed by atoms with Crippen molar-refractivity contribution in [2.75, 3.05) is 32.8 Å². The number of hydrogen-bond donors (Lipinski definition) is 4. The molecule has 5 aliphatic rings. The summed E-state index contributed by atoms with van der Waals surface area (Å²) in [6.45, 7) is 7.79. The SMILES string of the molecule is CC1=NC2=CC3CN(N)/C=C(\N)c4ccccc4COCCCCOC4(C)CCN(CC4)C(=C1CC(=O)O)N2N3. The van der Waals surface area contributed by atoms with E-state index in [1.54, 1.807) is 11.2 Å². The third-order valence-corrected chi connectivity index (χ3v) is 7.96. The number of ether oxygens (including phenoxy) is 2. The topological polar surface area (TPSA) is 142 Å². The number of aliphatic imine (C=N–C) groups is 1. The van der Waals surface area contributed by atoms with E-state index < -0.39 is 5.97 Å². The Bertz CT molecular complexity index is 1230. The standard InChI is InChI=1S/C29H41N7O4/c1-20-24(16-27(37)38)28-34-11-9-29(2,10-12-34)40-14-6-5-13-39-19-21-7-3-4-8-23(21)25(30)18-35(31)17-22-15-26(32-20)36(28)33-22/h3-4,7-8,15,18,22,33H,5-6,9-14,16-17,19,30-31H2,1-2H3,(H,37,38)/b25-18-. The van der Waals surface area contributed by atoms with Gasteiger partial charge in [-0.1, -0.05) is 24.3 Å². The summed E-state index contributed by atoms with van der Waals surface area (Å²) in [5.74, 6) is 7.12. The highest BCUT2D eigenvalue weighted by atomic mass is 16.5. The average molecular weight is 552 g/mol. The Labute approximate surface area is 235 Å². The molecule has 0 aromatic heterocycles. The Morgan fingerprint density at radius 1 is 1.23 bits per heavy atom. The van der Waals surface area contributed by atoms with Gasteiger partial charge >= 0.3 is 5.97 Å². The molecule has 4 bridgehead atoms. The minimum atomic E-state index is -0.884. The molecule has 0 amide bonds. The monoisotopic (exact) mass is 551 g/mol. The molecule has 1 fully saturated rings. The van der Waals surface area contributed by atoms with Crippen LogP contribution in [0.3, 0.4) is 0 Å². The maximum atomic E-state index is 11.8. The molecular weight excluding hydrogens is 510 g/mol. The Morgan fingerprint density at radius 3 is 2.75 bits per heavy atom. The van der Waals surface area contributed by atoms with Crippen LogP contribution < -0.4 is 17.0 Å². The minimum Gasteiger partial charge on any atom is -0.481 e. The molecule has 6 rings (SSSR count). The number of carboxylic acids is 1. The van der Waals surface area contributed by atoms with E-state index >= 15 is 0 Å². The molecule has 5 aliphatic heterocycles. The first kappa shape index (κ1) is 28.2. The molecule has 6 N–H and O–H groups in total. The zero-order valence-electron chi connectivity index (χ0n) is 23.4. The first-order chi connectivity index (χ1) is 19.2. The van der Waals surface area contributed by atoms with Crippen LogP contribution >= 0.6 is 0 Å². The van der Waals surface area contributed by atoms with Crippen LogP contribution in [0.4, 0.5) is 0 Å². The van der Waals surface area contributed by atoms with Crippen molar-refractivity contribution in [1.29, 1.82) is 0 Å². The normalized spacial score (nSPS) is 27.8. The molecule has 0 aliphatic carbocycles. The van der Waals surface area contributed by atoms with Gasteiger partial charge < -0.3 is 30.2 Å². The van der Waals surface area contributed by atoms with Gasteiger partial charge in [0.25, 0.3) is 0 Å². The summed E-state index contributed by atoms with van der Waals surface area (Å²) in [5, 5.41) is 13.2. The number of carbonyl (C=O) groups is 1. The lowest BCUT2D eigenvalue weighted by molar-refractivity contribution is -0.136. The molecule has 1 saturated heterocycles. The summed E-state index contributed by atoms with van der Waals surface area (Å²) in [7, 11) is 0. The Kier molecular flexibility index (Phi) is 8.46. The summed E-state index contributed by atoms with van der Waals surface area (Å²) < 4.78 is 12.4. The number of nitrogens with zero attached hydrogens (tertiary/aromatic N) is 4. The van der Waals surface area contributed by atoms with E-state index in [0.717, 1.165) is 61.5 Å². The molecule has 216 valence electrons. The summed E-state index contributed by atoms with van der Waals surface area (Å²) in [6, 6.07) is 7.76. The van der Waals surface area contributed by atoms with E-state index in [1.807, 2.05) is 42.3 Å². The van der Waals surface area contributed by atoms with Crippen LogP contribution in [-0.4, -0.2) is 76.2 Å². The number of nitrogens with one attached hydrogen (secondary N) is 1. The molecule has 1 aromatic rings. The van der Waals surface area contributed by atoms with Crippen molar-refractivity contribution >= 4 is 17.4 Å². The van der Waals surface area contributed by atoms with Crippen molar-refractivity contribution in [2.24, 2.45) is 16.6 Å². The summed E-state index contributed by atoms with van der Waals surface area (Å²) >= 11 is 0. The maximum absolute atomic E-state index is 11.8. The molecule has 0 saturated carbocycles. The van der Waals surface area contributed by atoms with E-state index in [2.05, 4.69) is 17.2 Å². The second-order valence-electron chi connectivity index (χ2n) is 11.1. The molecule has 5 heterocycles. The van der Waals surface area contributed by atoms with Crippen LogP contribution in [-0.2, 0) is 20.9 Å². The smallest absolute Gasteiger partial charge is 0.308 e. The van der Waals surface area contributed by atoms with Crippen molar-refractivity contribution in [3.63, 3.8) is 0 Å². The number of benzene rings is 1. The number of hydrazine groups is 2. The molecule has 11 heteroatoms. The number of fused-ring (bicyclic) bond motifs is 10. The van der Waals surface area contributed by atoms with Crippen molar-refractivity contribution < 1.29 is 19.4 Å². The number of aliphatic carboxylic acids is 1. The fourth-order valence-electron chi connectivity index (χ4n) is 5.70. The Balaban J connectivity index is 1.44. The number of nitrogens with two attached hydrogens (primary N) is 2. The second kappa shape index (κ2) is 12.0. The summed E-state index contributed by atoms with van der Waals surface area (Å²) in [6.07, 6.45) is 7.18. The van der Waals surface area contributed by atoms with Crippen LogP contribution in [0, 0.1) is 0 Å². The van der Waals surface area contributed by atoms with Gasteiger partial charge in [0, 0.05) is 49.4 Å². The quantitative estimate of drug-likeness (QED) is 0.405. The van der Waals surface area contributed by atoms with Gasteiger partial charge in [-0.2, -0.15) is 0 Å². The lowest BCUT2D eigenvalue weighted by atomic mass is 9.92. The lowest BCUT2D eigenvalue weighted by Gasteiger charge is -2.45. The van der Waals surface area contributed by atoms with E-state index in [0.29, 0.717) is 43.3 Å². The molecular formula is C29H41N7O4. The summed E-state index contributed by atoms with van der Waals surface area (Å²) in [4.78, 5) is 18.8. The largest absolute Gasteiger partial charge is 0.481 e. The Hall–Kier alpha value is -3.38. The summed E-state index contributed by atoms with van der Waals surface area (Å²) in [5.41, 5.74) is 13.7. The van der Waals surface area contributed by atoms with Crippen LogP contribution in [0.2, 0.25) is 0 Å². The van der Waals surface area contributed by atoms with Gasteiger partial charge in [0.1, 0.15) is 11.6 Å². The van der Waals surface area contributed by atoms with Gasteiger partial charge in [0.15, 0.2) is 0 Å². The van der Waals surface area contributed by atoms with E-state index in [9.17, 15) is 9.90 Å². The van der Waals surface area contributed by atoms with Crippen LogP contribution in [0.15, 0.2) is 58.7 Å². The van der Waals surface area contributed by atoms with Gasteiger partial charge in [0.2, 0.25) is 0 Å². The van der Waals surface area contributed by atoms with E-state index in [1.165, 1.54) is 0 Å². The maximum Gasteiger partial charge on any atom is 0.308 e. The molecule has 1 atom stereocenters. The second-order valence-corrected chi connectivity index (χ2v) is 11.1. The predicted molar refractivity (Wildman–Crippen MR) is 153 cm³/mol. The molecule has 0 spiro atoms. The van der Waals surface area contributed by atoms with Crippen molar-refractivity contribution in [3.8, 4) is 0 Å². The highest BCUT2D eigenvalue weighted by molar-refractivity contribution is 6.03. The van der Waals surface area contributed by atoms with Gasteiger partial charge in [-0.05, 0) is 51.2 Å². The third-order valence-electron chi connectivity index (χ3n) is 7.96. The molecule has 0 radical (unpaired) electrons. The zero-order chi connectivity index (χ0) is 28.3. The number of rotatable bonds is 2. The van der Waals surface area contributed by atoms with Crippen LogP contribution in [0.25, 0.3) is 5.70 Å². The third kappa shape index (κ3) is 6.33. The van der Waals surface area contributed by atoms with Crippen molar-refractivity contribution in [3.05, 3.63) is 64.9 Å². The van der Waals surface area contributed by atoms with Gasteiger partial charge in [0.05, 0.1) is 36.9 Å². The lowest BCUT2D eigenvalue weighted by Crippen LogP contribution is -2.51. The number of piperidine rings is 1. The number of carboxylic acid groups (broad SMARTS) is 1. The predicted octanol–water partition coefficient (Wildman–Crippen LogP) is 2.49. The fourth-order valence-corrected chi connectivity index (χ4v) is 5.70. The first-order valence-electron chi connectivity index (χ1n) is 14.0. The fraction of sp³-hybridized carbons (Fsp3) is 0.517. The van der Waals surface area contributed by atoms with Crippen molar-refractivity contribution in [2.45, 2.75) is 64.2 Å². The first-order valence-corrected chi connectivity index (χ1v) is 14.0. The van der Waals surface area contributed by atoms with Crippen LogP contribution in [0.1, 0.15) is 57.1 Å². The molecule has 1 unspecified atom stereocenters. The Morgan fingerprint density at radius 2 is 1.98 bits per heavy atom. The van der Waals surface area contributed by atoms with Gasteiger partial charge in [-0.3, -0.25) is 4.79 Å². The number of hydrogen-bond acceptors (Lipinski definition) is 10. The molecule has 1 aromatic carbocycles. The minimum absolute atomic E-state index is 0.102. The average Bonchev–Trinajstić information content (AvgIpc) is 3.30. The molecule has 40 heavy (non-hydrogen) atoms. The van der Waals surface area contributed by atoms with Gasteiger partial charge in [-0.25, -0.2) is 21.3 Å².